The highest BCUT2D eigenvalue weighted by Gasteiger charge is 2.29. The minimum Gasteiger partial charge on any atom is -0.462 e. The van der Waals surface area contributed by atoms with Crippen molar-refractivity contribution in [3.63, 3.8) is 0 Å². The summed E-state index contributed by atoms with van der Waals surface area (Å²) in [4.78, 5) is 72.5. The Labute approximate surface area is 254 Å². The summed E-state index contributed by atoms with van der Waals surface area (Å²) in [6.45, 7) is 3.77. The molecule has 0 aromatic heterocycles. The summed E-state index contributed by atoms with van der Waals surface area (Å²) >= 11 is 5.84. The molecule has 15 heteroatoms. The van der Waals surface area contributed by atoms with Gasteiger partial charge in [0.25, 0.3) is 11.8 Å². The Balaban J connectivity index is 3.46. The fourth-order valence-corrected chi connectivity index (χ4v) is 7.01. The third-order valence-electron chi connectivity index (χ3n) is 4.34. The molecular formula is C22H25I3N2O10. The van der Waals surface area contributed by atoms with E-state index in [2.05, 4.69) is 5.32 Å². The van der Waals surface area contributed by atoms with Crippen LogP contribution >= 0.6 is 67.8 Å². The molecule has 0 saturated heterocycles. The van der Waals surface area contributed by atoms with Gasteiger partial charge in [0.15, 0.2) is 12.7 Å². The Morgan fingerprint density at radius 2 is 1.38 bits per heavy atom. The Morgan fingerprint density at radius 3 is 1.89 bits per heavy atom. The highest BCUT2D eigenvalue weighted by Crippen LogP contribution is 2.36. The van der Waals surface area contributed by atoms with Crippen molar-refractivity contribution >= 4 is 109 Å². The Hall–Kier alpha value is -1.77. The first-order chi connectivity index (χ1) is 17.1. The first-order valence-corrected chi connectivity index (χ1v) is 13.7. The zero-order chi connectivity index (χ0) is 28.4. The van der Waals surface area contributed by atoms with Gasteiger partial charge in [-0.15, -0.1) is 0 Å². The van der Waals surface area contributed by atoms with Crippen LogP contribution in [0.25, 0.3) is 0 Å². The predicted molar refractivity (Wildman–Crippen MR) is 154 cm³/mol. The number of likely N-dealkylation sites (N-methyl/N-ethyl adjacent to an activating group) is 1. The number of nitrogens with one attached hydrogen (secondary N) is 1. The van der Waals surface area contributed by atoms with Crippen LogP contribution in [-0.2, 0) is 49.5 Å². The van der Waals surface area contributed by atoms with E-state index in [4.69, 9.17) is 18.9 Å². The van der Waals surface area contributed by atoms with Crippen LogP contribution in [0.15, 0.2) is 0 Å². The van der Waals surface area contributed by atoms with Crippen LogP contribution in [0.1, 0.15) is 43.6 Å². The molecule has 0 saturated carbocycles. The van der Waals surface area contributed by atoms with Crippen molar-refractivity contribution in [2.24, 2.45) is 0 Å². The number of hydrogen-bond donors (Lipinski definition) is 1. The lowest BCUT2D eigenvalue weighted by atomic mass is 10.1. The van der Waals surface area contributed by atoms with Gasteiger partial charge in [-0.3, -0.25) is 28.8 Å². The first kappa shape index (κ1) is 33.3. The highest BCUT2D eigenvalue weighted by molar-refractivity contribution is 14.1. The molecule has 37 heavy (non-hydrogen) atoms. The van der Waals surface area contributed by atoms with Crippen LogP contribution in [-0.4, -0.2) is 73.5 Å². The van der Waals surface area contributed by atoms with Crippen LogP contribution in [0, 0.1) is 10.7 Å². The zero-order valence-corrected chi connectivity index (χ0v) is 27.0. The number of amides is 2. The summed E-state index contributed by atoms with van der Waals surface area (Å²) in [5, 5.41) is 2.65. The van der Waals surface area contributed by atoms with Gasteiger partial charge >= 0.3 is 23.9 Å². The molecule has 0 aliphatic carbocycles. The van der Waals surface area contributed by atoms with Crippen molar-refractivity contribution in [3.05, 3.63) is 21.8 Å². The number of halogens is 3. The maximum Gasteiger partial charge on any atom is 0.303 e. The molecule has 0 bridgehead atoms. The minimum absolute atomic E-state index is 0.0999. The molecule has 0 fully saturated rings. The number of hydrogen-bond acceptors (Lipinski definition) is 10. The van der Waals surface area contributed by atoms with E-state index in [1.165, 1.54) is 39.6 Å². The fraction of sp³-hybridized carbons (Fsp3) is 0.455. The smallest absolute Gasteiger partial charge is 0.303 e. The molecule has 1 aromatic rings. The second kappa shape index (κ2) is 15.6. The number of rotatable bonds is 11. The van der Waals surface area contributed by atoms with Gasteiger partial charge < -0.3 is 29.2 Å². The molecule has 0 aliphatic rings. The largest absolute Gasteiger partial charge is 0.462 e. The molecule has 1 aromatic carbocycles. The van der Waals surface area contributed by atoms with E-state index in [0.29, 0.717) is 16.3 Å². The van der Waals surface area contributed by atoms with Crippen molar-refractivity contribution < 1.29 is 47.7 Å². The Morgan fingerprint density at radius 1 is 0.811 bits per heavy atom. The minimum atomic E-state index is -0.919. The van der Waals surface area contributed by atoms with Gasteiger partial charge in [0.2, 0.25) is 0 Å². The molecule has 0 spiro atoms. The molecule has 1 rings (SSSR count). The summed E-state index contributed by atoms with van der Waals surface area (Å²) in [7, 11) is 1.47. The van der Waals surface area contributed by atoms with Crippen LogP contribution < -0.4 is 5.32 Å². The van der Waals surface area contributed by atoms with E-state index in [0.717, 1.165) is 0 Å². The summed E-state index contributed by atoms with van der Waals surface area (Å²) in [5.74, 6) is -3.48. The summed E-state index contributed by atoms with van der Waals surface area (Å²) in [6.07, 6.45) is -0.919. The highest BCUT2D eigenvalue weighted by atomic mass is 127. The lowest BCUT2D eigenvalue weighted by Gasteiger charge is -2.26. The van der Waals surface area contributed by atoms with Gasteiger partial charge in [-0.25, -0.2) is 0 Å². The quantitative estimate of drug-likeness (QED) is 0.200. The van der Waals surface area contributed by atoms with E-state index in [-0.39, 0.29) is 31.0 Å². The van der Waals surface area contributed by atoms with Crippen molar-refractivity contribution in [3.8, 4) is 0 Å². The Bertz CT molecular complexity index is 1090. The summed E-state index contributed by atoms with van der Waals surface area (Å²) < 4.78 is 21.4. The third-order valence-corrected chi connectivity index (χ3v) is 7.80. The number of esters is 4. The van der Waals surface area contributed by atoms with Crippen LogP contribution in [0.4, 0.5) is 5.69 Å². The molecular weight excluding hydrogens is 833 g/mol. The van der Waals surface area contributed by atoms with Crippen molar-refractivity contribution in [2.75, 3.05) is 32.1 Å². The van der Waals surface area contributed by atoms with Crippen molar-refractivity contribution in [1.82, 2.24) is 4.90 Å². The molecule has 1 atom stereocenters. The number of ether oxygens (including phenoxy) is 4. The van der Waals surface area contributed by atoms with Crippen LogP contribution in [0.3, 0.4) is 0 Å². The fourth-order valence-electron chi connectivity index (χ4n) is 2.80. The molecule has 2 amide bonds. The van der Waals surface area contributed by atoms with Gasteiger partial charge in [-0.2, -0.15) is 0 Å². The number of carbonyl (C=O) groups is 6. The average Bonchev–Trinajstić information content (AvgIpc) is 2.78. The van der Waals surface area contributed by atoms with Crippen molar-refractivity contribution in [1.29, 1.82) is 0 Å². The van der Waals surface area contributed by atoms with Gasteiger partial charge in [0.1, 0.15) is 13.2 Å². The van der Waals surface area contributed by atoms with Gasteiger partial charge in [-0.1, -0.05) is 0 Å². The topological polar surface area (TPSA) is 155 Å². The second-order valence-corrected chi connectivity index (χ2v) is 10.7. The number of carbonyl (C=O) groups excluding carboxylic acids is 6. The molecule has 0 aliphatic heterocycles. The van der Waals surface area contributed by atoms with Crippen molar-refractivity contribution in [2.45, 2.75) is 40.4 Å². The van der Waals surface area contributed by atoms with E-state index in [9.17, 15) is 28.8 Å². The van der Waals surface area contributed by atoms with E-state index in [1.807, 2.05) is 67.8 Å². The van der Waals surface area contributed by atoms with E-state index < -0.39 is 48.4 Å². The lowest BCUT2D eigenvalue weighted by molar-refractivity contribution is -0.156. The molecule has 204 valence electrons. The standard InChI is InChI=1S/C22H25I3N2O10/c1-10(28)34-7-14(37-13(4)31)6-27(5)22(33)17-18(23)15(8-35-11(2)29)19(24)21(20(17)25)26-16(32)9-36-12(3)30/h14H,6-9H2,1-5H3,(H,26,32). The number of anilines is 1. The average molecular weight is 858 g/mol. The number of benzene rings is 1. The molecule has 0 heterocycles. The van der Waals surface area contributed by atoms with Crippen LogP contribution in [0.5, 0.6) is 0 Å². The first-order valence-electron chi connectivity index (χ1n) is 10.5. The normalized spacial score (nSPS) is 11.1. The molecule has 12 nitrogen and oxygen atoms in total. The van der Waals surface area contributed by atoms with Gasteiger partial charge in [0, 0.05) is 47.4 Å². The lowest BCUT2D eigenvalue weighted by Crippen LogP contribution is -2.39. The van der Waals surface area contributed by atoms with Gasteiger partial charge in [0.05, 0.1) is 21.4 Å². The molecule has 1 N–H and O–H groups in total. The summed E-state index contributed by atoms with van der Waals surface area (Å²) in [6, 6.07) is 0. The monoisotopic (exact) mass is 858 g/mol. The SMILES string of the molecule is CC(=O)OCC(=O)Nc1c(I)c(COC(C)=O)c(I)c(C(=O)N(C)CC(COC(C)=O)OC(C)=O)c1I. The molecule has 1 unspecified atom stereocenters. The van der Waals surface area contributed by atoms with E-state index >= 15 is 0 Å². The summed E-state index contributed by atoms with van der Waals surface area (Å²) in [5.41, 5.74) is 0.949. The molecule has 0 radical (unpaired) electrons. The van der Waals surface area contributed by atoms with Crippen LogP contribution in [0.2, 0.25) is 0 Å². The zero-order valence-electron chi connectivity index (χ0n) is 20.6. The second-order valence-electron chi connectivity index (χ2n) is 7.50. The Kier molecular flexibility index (Phi) is 14.0. The van der Waals surface area contributed by atoms with E-state index in [1.54, 1.807) is 0 Å². The predicted octanol–water partition coefficient (Wildman–Crippen LogP) is 2.63. The third kappa shape index (κ3) is 10.9. The maximum atomic E-state index is 13.6. The van der Waals surface area contributed by atoms with Gasteiger partial charge in [-0.05, 0) is 67.8 Å². The number of nitrogens with zero attached hydrogens (tertiary/aromatic N) is 1. The maximum absolute atomic E-state index is 13.6.